The minimum absolute atomic E-state index is 0.0309. The molecule has 0 aromatic heterocycles. The summed E-state index contributed by atoms with van der Waals surface area (Å²) in [5.74, 6) is 2.20. The number of ether oxygens (including phenoxy) is 1. The maximum Gasteiger partial charge on any atom is 0.220 e. The van der Waals surface area contributed by atoms with Crippen LogP contribution in [-0.2, 0) is 4.79 Å². The molecule has 1 saturated heterocycles. The summed E-state index contributed by atoms with van der Waals surface area (Å²) in [4.78, 5) is 12.1. The van der Waals surface area contributed by atoms with Gasteiger partial charge in [-0.2, -0.15) is 0 Å². The van der Waals surface area contributed by atoms with Crippen molar-refractivity contribution in [3.8, 4) is 5.75 Å². The van der Waals surface area contributed by atoms with Gasteiger partial charge in [-0.1, -0.05) is 26.0 Å². The Morgan fingerprint density at radius 2 is 2.04 bits per heavy atom. The molecule has 1 aliphatic heterocycles. The Morgan fingerprint density at radius 3 is 2.65 bits per heavy atom. The molecule has 0 saturated carbocycles. The molecule has 2 rings (SSSR count). The van der Waals surface area contributed by atoms with Crippen LogP contribution in [0.1, 0.15) is 51.6 Å². The predicted molar refractivity (Wildman–Crippen MR) is 93.5 cm³/mol. The van der Waals surface area contributed by atoms with Crippen molar-refractivity contribution in [2.24, 2.45) is 11.8 Å². The lowest BCUT2D eigenvalue weighted by Gasteiger charge is -2.16. The number of hydrogen-bond acceptors (Lipinski definition) is 3. The van der Waals surface area contributed by atoms with Crippen molar-refractivity contribution in [3.63, 3.8) is 0 Å². The lowest BCUT2D eigenvalue weighted by atomic mass is 10.0. The number of nitrogens with one attached hydrogen (secondary N) is 2. The maximum atomic E-state index is 12.1. The number of rotatable bonds is 8. The van der Waals surface area contributed by atoms with Gasteiger partial charge in [0.05, 0.1) is 12.6 Å². The molecule has 1 aromatic rings. The van der Waals surface area contributed by atoms with Gasteiger partial charge in [0.15, 0.2) is 0 Å². The molecule has 0 bridgehead atoms. The zero-order valence-corrected chi connectivity index (χ0v) is 14.6. The SMILES string of the molecule is CC(C)COc1ccc(C(C)NC(=O)CCC2CCNC2)cc1. The summed E-state index contributed by atoms with van der Waals surface area (Å²) < 4.78 is 5.69. The minimum Gasteiger partial charge on any atom is -0.493 e. The van der Waals surface area contributed by atoms with E-state index in [1.54, 1.807) is 0 Å². The lowest BCUT2D eigenvalue weighted by Crippen LogP contribution is -2.27. The van der Waals surface area contributed by atoms with E-state index >= 15 is 0 Å². The highest BCUT2D eigenvalue weighted by Gasteiger charge is 2.16. The second kappa shape index (κ2) is 8.92. The topological polar surface area (TPSA) is 50.4 Å². The average Bonchev–Trinajstić information content (AvgIpc) is 3.05. The van der Waals surface area contributed by atoms with Gasteiger partial charge in [-0.15, -0.1) is 0 Å². The molecule has 0 radical (unpaired) electrons. The van der Waals surface area contributed by atoms with E-state index in [1.165, 1.54) is 6.42 Å². The van der Waals surface area contributed by atoms with Crippen LogP contribution in [0.15, 0.2) is 24.3 Å². The number of benzene rings is 1. The van der Waals surface area contributed by atoms with Crippen molar-refractivity contribution < 1.29 is 9.53 Å². The second-order valence-corrected chi connectivity index (χ2v) is 6.96. The van der Waals surface area contributed by atoms with Gasteiger partial charge >= 0.3 is 0 Å². The van der Waals surface area contributed by atoms with Gasteiger partial charge < -0.3 is 15.4 Å². The van der Waals surface area contributed by atoms with E-state index in [1.807, 2.05) is 31.2 Å². The van der Waals surface area contributed by atoms with Crippen LogP contribution in [-0.4, -0.2) is 25.6 Å². The highest BCUT2D eigenvalue weighted by molar-refractivity contribution is 5.76. The fourth-order valence-corrected chi connectivity index (χ4v) is 2.81. The third-order valence-electron chi connectivity index (χ3n) is 4.28. The van der Waals surface area contributed by atoms with E-state index in [-0.39, 0.29) is 11.9 Å². The first-order valence-electron chi connectivity index (χ1n) is 8.77. The second-order valence-electron chi connectivity index (χ2n) is 6.96. The van der Waals surface area contributed by atoms with Crippen LogP contribution in [0.3, 0.4) is 0 Å². The molecule has 1 aliphatic rings. The van der Waals surface area contributed by atoms with Crippen LogP contribution < -0.4 is 15.4 Å². The normalized spacial score (nSPS) is 18.9. The number of hydrogen-bond donors (Lipinski definition) is 2. The van der Waals surface area contributed by atoms with Gasteiger partial charge in [0, 0.05) is 6.42 Å². The third kappa shape index (κ3) is 6.22. The molecule has 23 heavy (non-hydrogen) atoms. The van der Waals surface area contributed by atoms with Crippen LogP contribution in [0.4, 0.5) is 0 Å². The van der Waals surface area contributed by atoms with Gasteiger partial charge in [0.25, 0.3) is 0 Å². The van der Waals surface area contributed by atoms with Crippen molar-refractivity contribution in [2.75, 3.05) is 19.7 Å². The summed E-state index contributed by atoms with van der Waals surface area (Å²) in [6, 6.07) is 8.04. The molecule has 4 nitrogen and oxygen atoms in total. The standard InChI is InChI=1S/C19H30N2O2/c1-14(2)13-23-18-7-5-17(6-8-18)15(3)21-19(22)9-4-16-10-11-20-12-16/h5-8,14-16,20H,4,9-13H2,1-3H3,(H,21,22). The first-order chi connectivity index (χ1) is 11.0. The van der Waals surface area contributed by atoms with Crippen molar-refractivity contribution in [3.05, 3.63) is 29.8 Å². The summed E-state index contributed by atoms with van der Waals surface area (Å²) in [5, 5.41) is 6.43. The highest BCUT2D eigenvalue weighted by Crippen LogP contribution is 2.19. The van der Waals surface area contributed by atoms with Crippen molar-refractivity contribution in [1.29, 1.82) is 0 Å². The monoisotopic (exact) mass is 318 g/mol. The summed E-state index contributed by atoms with van der Waals surface area (Å²) in [6.45, 7) is 9.16. The summed E-state index contributed by atoms with van der Waals surface area (Å²) >= 11 is 0. The zero-order valence-electron chi connectivity index (χ0n) is 14.6. The van der Waals surface area contributed by atoms with Crippen LogP contribution in [0.25, 0.3) is 0 Å². The molecule has 0 spiro atoms. The molecule has 1 amide bonds. The Labute approximate surface area is 140 Å². The molecule has 2 unspecified atom stereocenters. The molecule has 128 valence electrons. The van der Waals surface area contributed by atoms with Crippen LogP contribution in [0.5, 0.6) is 5.75 Å². The first-order valence-corrected chi connectivity index (χ1v) is 8.77. The number of carbonyl (C=O) groups excluding carboxylic acids is 1. The van der Waals surface area contributed by atoms with E-state index < -0.39 is 0 Å². The molecule has 2 atom stereocenters. The fourth-order valence-electron chi connectivity index (χ4n) is 2.81. The van der Waals surface area contributed by atoms with Crippen molar-refractivity contribution in [2.45, 2.75) is 46.1 Å². The Morgan fingerprint density at radius 1 is 1.30 bits per heavy atom. The summed E-state index contributed by atoms with van der Waals surface area (Å²) in [6.07, 6.45) is 2.79. The van der Waals surface area contributed by atoms with Gasteiger partial charge in [-0.25, -0.2) is 0 Å². The largest absolute Gasteiger partial charge is 0.493 e. The molecule has 1 aromatic carbocycles. The number of amides is 1. The Hall–Kier alpha value is -1.55. The highest BCUT2D eigenvalue weighted by atomic mass is 16.5. The molecule has 0 aliphatic carbocycles. The maximum absolute atomic E-state index is 12.1. The number of carbonyl (C=O) groups is 1. The Bertz CT molecular complexity index is 479. The third-order valence-corrected chi connectivity index (χ3v) is 4.28. The lowest BCUT2D eigenvalue weighted by molar-refractivity contribution is -0.122. The quantitative estimate of drug-likeness (QED) is 0.773. The summed E-state index contributed by atoms with van der Waals surface area (Å²) in [7, 11) is 0. The molecular formula is C19H30N2O2. The average molecular weight is 318 g/mol. The molecule has 4 heteroatoms. The minimum atomic E-state index is 0.0309. The predicted octanol–water partition coefficient (Wildman–Crippen LogP) is 3.29. The summed E-state index contributed by atoms with van der Waals surface area (Å²) in [5.41, 5.74) is 1.11. The van der Waals surface area contributed by atoms with E-state index in [0.717, 1.165) is 37.4 Å². The molecular weight excluding hydrogens is 288 g/mol. The van der Waals surface area contributed by atoms with Gasteiger partial charge in [0.1, 0.15) is 5.75 Å². The van der Waals surface area contributed by atoms with E-state index in [0.29, 0.717) is 18.3 Å². The van der Waals surface area contributed by atoms with Crippen LogP contribution in [0.2, 0.25) is 0 Å². The van der Waals surface area contributed by atoms with Crippen LogP contribution in [0, 0.1) is 11.8 Å². The molecule has 1 fully saturated rings. The van der Waals surface area contributed by atoms with Crippen molar-refractivity contribution in [1.82, 2.24) is 10.6 Å². The van der Waals surface area contributed by atoms with E-state index in [4.69, 9.17) is 4.74 Å². The first kappa shape index (κ1) is 17.8. The zero-order chi connectivity index (χ0) is 16.7. The Balaban J connectivity index is 1.75. The van der Waals surface area contributed by atoms with Gasteiger partial charge in [0.2, 0.25) is 5.91 Å². The van der Waals surface area contributed by atoms with Crippen LogP contribution >= 0.6 is 0 Å². The Kier molecular flexibility index (Phi) is 6.90. The van der Waals surface area contributed by atoms with Gasteiger partial charge in [-0.3, -0.25) is 4.79 Å². The van der Waals surface area contributed by atoms with E-state index in [2.05, 4.69) is 24.5 Å². The molecule has 1 heterocycles. The smallest absolute Gasteiger partial charge is 0.220 e. The molecule has 2 N–H and O–H groups in total. The van der Waals surface area contributed by atoms with Gasteiger partial charge in [-0.05, 0) is 62.4 Å². The van der Waals surface area contributed by atoms with E-state index in [9.17, 15) is 4.79 Å². The van der Waals surface area contributed by atoms with Crippen molar-refractivity contribution >= 4 is 5.91 Å². The fraction of sp³-hybridized carbons (Fsp3) is 0.632.